The van der Waals surface area contributed by atoms with Crippen LogP contribution in [0, 0.1) is 11.3 Å². The summed E-state index contributed by atoms with van der Waals surface area (Å²) >= 11 is 0. The molecule has 0 saturated carbocycles. The maximum Gasteiger partial charge on any atom is 0.134 e. The lowest BCUT2D eigenvalue weighted by molar-refractivity contribution is 0.875. The third-order valence-electron chi connectivity index (χ3n) is 3.96. The first kappa shape index (κ1) is 14.3. The number of hydrogen-bond acceptors (Lipinski definition) is 5. The summed E-state index contributed by atoms with van der Waals surface area (Å²) in [4.78, 5) is 13.2. The standard InChI is InChI=1S/C17H19N5/c1-21(12-15-6-4-14(11-18)5-7-15)16-10-17(20-13-19-16)22-8-2-3-9-22/h4-7,10,13H,2-3,8-9,12H2,1H3. The van der Waals surface area contributed by atoms with Gasteiger partial charge in [0.25, 0.3) is 0 Å². The van der Waals surface area contributed by atoms with Gasteiger partial charge in [0.1, 0.15) is 18.0 Å². The van der Waals surface area contributed by atoms with Crippen molar-refractivity contribution in [2.45, 2.75) is 19.4 Å². The minimum Gasteiger partial charge on any atom is -0.356 e. The zero-order valence-corrected chi connectivity index (χ0v) is 12.7. The molecule has 3 rings (SSSR count). The molecule has 22 heavy (non-hydrogen) atoms. The summed E-state index contributed by atoms with van der Waals surface area (Å²) in [5.74, 6) is 1.93. The maximum atomic E-state index is 8.84. The number of hydrogen-bond donors (Lipinski definition) is 0. The summed E-state index contributed by atoms with van der Waals surface area (Å²) in [5, 5.41) is 8.84. The second kappa shape index (κ2) is 6.44. The highest BCUT2D eigenvalue weighted by Crippen LogP contribution is 2.21. The fraction of sp³-hybridized carbons (Fsp3) is 0.353. The van der Waals surface area contributed by atoms with E-state index in [1.807, 2.05) is 31.3 Å². The molecule has 1 aromatic heterocycles. The topological polar surface area (TPSA) is 56.1 Å². The Balaban J connectivity index is 1.72. The van der Waals surface area contributed by atoms with E-state index in [0.29, 0.717) is 5.56 Å². The van der Waals surface area contributed by atoms with Crippen molar-refractivity contribution >= 4 is 11.6 Å². The van der Waals surface area contributed by atoms with Crippen molar-refractivity contribution < 1.29 is 0 Å². The molecular weight excluding hydrogens is 274 g/mol. The molecule has 0 spiro atoms. The Morgan fingerprint density at radius 1 is 1.18 bits per heavy atom. The number of anilines is 2. The molecule has 1 aliphatic heterocycles. The fourth-order valence-corrected chi connectivity index (χ4v) is 2.70. The second-order valence-corrected chi connectivity index (χ2v) is 5.59. The summed E-state index contributed by atoms with van der Waals surface area (Å²) in [6, 6.07) is 11.8. The minimum absolute atomic E-state index is 0.685. The molecule has 0 atom stereocenters. The van der Waals surface area contributed by atoms with Crippen molar-refractivity contribution in [3.63, 3.8) is 0 Å². The first-order chi connectivity index (χ1) is 10.8. The highest BCUT2D eigenvalue weighted by molar-refractivity contribution is 5.50. The van der Waals surface area contributed by atoms with Gasteiger partial charge in [-0.2, -0.15) is 5.26 Å². The Morgan fingerprint density at radius 3 is 2.59 bits per heavy atom. The van der Waals surface area contributed by atoms with Gasteiger partial charge in [-0.1, -0.05) is 12.1 Å². The van der Waals surface area contributed by atoms with Crippen LogP contribution < -0.4 is 9.80 Å². The van der Waals surface area contributed by atoms with E-state index in [9.17, 15) is 0 Å². The molecule has 0 unspecified atom stereocenters. The lowest BCUT2D eigenvalue weighted by Gasteiger charge is -2.21. The van der Waals surface area contributed by atoms with Crippen molar-refractivity contribution in [1.29, 1.82) is 5.26 Å². The van der Waals surface area contributed by atoms with Gasteiger partial charge in [0, 0.05) is 32.7 Å². The van der Waals surface area contributed by atoms with Crippen LogP contribution in [0.3, 0.4) is 0 Å². The summed E-state index contributed by atoms with van der Waals surface area (Å²) in [6.07, 6.45) is 4.11. The van der Waals surface area contributed by atoms with Crippen LogP contribution in [0.4, 0.5) is 11.6 Å². The van der Waals surface area contributed by atoms with Crippen molar-refractivity contribution in [3.8, 4) is 6.07 Å². The number of nitrogens with zero attached hydrogens (tertiary/aromatic N) is 5. The van der Waals surface area contributed by atoms with E-state index in [4.69, 9.17) is 5.26 Å². The number of benzene rings is 1. The van der Waals surface area contributed by atoms with E-state index in [0.717, 1.165) is 36.8 Å². The third kappa shape index (κ3) is 3.17. The smallest absolute Gasteiger partial charge is 0.134 e. The average molecular weight is 293 g/mol. The van der Waals surface area contributed by atoms with Gasteiger partial charge in [0.05, 0.1) is 11.6 Å². The van der Waals surface area contributed by atoms with Crippen LogP contribution in [-0.2, 0) is 6.54 Å². The molecule has 5 heteroatoms. The zero-order valence-electron chi connectivity index (χ0n) is 12.7. The molecule has 1 fully saturated rings. The number of nitriles is 1. The predicted molar refractivity (Wildman–Crippen MR) is 86.7 cm³/mol. The molecular formula is C17H19N5. The van der Waals surface area contributed by atoms with Crippen molar-refractivity contribution in [1.82, 2.24) is 9.97 Å². The highest BCUT2D eigenvalue weighted by atomic mass is 15.2. The largest absolute Gasteiger partial charge is 0.356 e. The molecule has 2 heterocycles. The van der Waals surface area contributed by atoms with Gasteiger partial charge in [-0.3, -0.25) is 0 Å². The molecule has 1 aromatic carbocycles. The molecule has 112 valence electrons. The van der Waals surface area contributed by atoms with Crippen LogP contribution in [0.1, 0.15) is 24.0 Å². The molecule has 0 N–H and O–H groups in total. The Labute approximate surface area is 130 Å². The molecule has 1 aliphatic rings. The Hall–Kier alpha value is -2.61. The average Bonchev–Trinajstić information content (AvgIpc) is 3.10. The van der Waals surface area contributed by atoms with Gasteiger partial charge >= 0.3 is 0 Å². The fourth-order valence-electron chi connectivity index (χ4n) is 2.70. The Kier molecular flexibility index (Phi) is 4.19. The van der Waals surface area contributed by atoms with Gasteiger partial charge in [-0.25, -0.2) is 9.97 Å². The van der Waals surface area contributed by atoms with Crippen LogP contribution in [0.5, 0.6) is 0 Å². The van der Waals surface area contributed by atoms with E-state index >= 15 is 0 Å². The second-order valence-electron chi connectivity index (χ2n) is 5.59. The van der Waals surface area contributed by atoms with Gasteiger partial charge < -0.3 is 9.80 Å². The normalized spacial score (nSPS) is 13.9. The lowest BCUT2D eigenvalue weighted by atomic mass is 10.1. The minimum atomic E-state index is 0.685. The van der Waals surface area contributed by atoms with Crippen LogP contribution in [0.2, 0.25) is 0 Å². The summed E-state index contributed by atoms with van der Waals surface area (Å²) < 4.78 is 0. The van der Waals surface area contributed by atoms with Crippen molar-refractivity contribution in [3.05, 3.63) is 47.8 Å². The summed E-state index contributed by atoms with van der Waals surface area (Å²) in [6.45, 7) is 2.91. The third-order valence-corrected chi connectivity index (χ3v) is 3.96. The van der Waals surface area contributed by atoms with Gasteiger partial charge in [-0.05, 0) is 30.5 Å². The summed E-state index contributed by atoms with van der Waals surface area (Å²) in [5.41, 5.74) is 1.84. The van der Waals surface area contributed by atoms with Gasteiger partial charge in [0.15, 0.2) is 0 Å². The summed E-state index contributed by atoms with van der Waals surface area (Å²) in [7, 11) is 2.02. The number of rotatable bonds is 4. The molecule has 0 amide bonds. The molecule has 0 aliphatic carbocycles. The van der Waals surface area contributed by atoms with E-state index in [1.165, 1.54) is 12.8 Å². The SMILES string of the molecule is CN(Cc1ccc(C#N)cc1)c1cc(N2CCCC2)ncn1. The Bertz CT molecular complexity index is 668. The predicted octanol–water partition coefficient (Wildman–Crippen LogP) is 2.58. The molecule has 1 saturated heterocycles. The highest BCUT2D eigenvalue weighted by Gasteiger charge is 2.15. The Morgan fingerprint density at radius 2 is 1.91 bits per heavy atom. The first-order valence-electron chi connectivity index (χ1n) is 7.53. The van der Waals surface area contributed by atoms with Crippen molar-refractivity contribution in [2.24, 2.45) is 0 Å². The molecule has 0 bridgehead atoms. The van der Waals surface area contributed by atoms with E-state index in [1.54, 1.807) is 6.33 Å². The van der Waals surface area contributed by atoms with Crippen LogP contribution in [0.25, 0.3) is 0 Å². The van der Waals surface area contributed by atoms with Gasteiger partial charge in [-0.15, -0.1) is 0 Å². The van der Waals surface area contributed by atoms with Crippen LogP contribution in [0.15, 0.2) is 36.7 Å². The van der Waals surface area contributed by atoms with Gasteiger partial charge in [0.2, 0.25) is 0 Å². The first-order valence-corrected chi connectivity index (χ1v) is 7.53. The quantitative estimate of drug-likeness (QED) is 0.867. The van der Waals surface area contributed by atoms with E-state index in [2.05, 4.69) is 31.9 Å². The van der Waals surface area contributed by atoms with Crippen molar-refractivity contribution in [2.75, 3.05) is 29.9 Å². The van der Waals surface area contributed by atoms with E-state index < -0.39 is 0 Å². The monoisotopic (exact) mass is 293 g/mol. The molecule has 0 radical (unpaired) electrons. The van der Waals surface area contributed by atoms with Crippen LogP contribution in [-0.4, -0.2) is 30.1 Å². The van der Waals surface area contributed by atoms with Crippen LogP contribution >= 0.6 is 0 Å². The number of aromatic nitrogens is 2. The molecule has 5 nitrogen and oxygen atoms in total. The lowest BCUT2D eigenvalue weighted by Crippen LogP contribution is -2.22. The zero-order chi connectivity index (χ0) is 15.4. The maximum absolute atomic E-state index is 8.84. The molecule has 2 aromatic rings. The van der Waals surface area contributed by atoms with E-state index in [-0.39, 0.29) is 0 Å².